The molecular weight excluding hydrogens is 386 g/mol. The molecule has 0 bridgehead atoms. The van der Waals surface area contributed by atoms with Crippen LogP contribution < -0.4 is 5.11 Å². The summed E-state index contributed by atoms with van der Waals surface area (Å²) in [6.45, 7) is 1.93. The van der Waals surface area contributed by atoms with E-state index in [2.05, 4.69) is 5.10 Å². The second kappa shape index (κ2) is 7.68. The number of amides is 1. The van der Waals surface area contributed by atoms with Crippen molar-refractivity contribution in [1.29, 1.82) is 0 Å². The Kier molecular flexibility index (Phi) is 5.33. The molecular formula is C18H12N3O4S2-. The summed E-state index contributed by atoms with van der Waals surface area (Å²) >= 11 is 6.29. The number of thioether (sulfide) groups is 1. The molecule has 1 fully saturated rings. The van der Waals surface area contributed by atoms with Gasteiger partial charge in [0.2, 0.25) is 0 Å². The number of hydrogen-bond acceptors (Lipinski definition) is 7. The Balaban J connectivity index is 1.86. The highest BCUT2D eigenvalue weighted by Gasteiger charge is 2.32. The van der Waals surface area contributed by atoms with Crippen LogP contribution in [0.15, 0.2) is 52.5 Å². The zero-order valence-corrected chi connectivity index (χ0v) is 15.6. The number of benzene rings is 2. The fraction of sp³-hybridized carbons (Fsp3) is 0.0556. The van der Waals surface area contributed by atoms with Gasteiger partial charge in [-0.05, 0) is 41.9 Å². The van der Waals surface area contributed by atoms with Crippen molar-refractivity contribution in [3.8, 4) is 5.75 Å². The van der Waals surface area contributed by atoms with E-state index >= 15 is 0 Å². The molecule has 0 aliphatic carbocycles. The van der Waals surface area contributed by atoms with Crippen molar-refractivity contribution in [2.45, 2.75) is 6.92 Å². The number of hydrogen-bond donors (Lipinski definition) is 0. The molecule has 0 spiro atoms. The number of nitro benzene ring substituents is 1. The van der Waals surface area contributed by atoms with Gasteiger partial charge in [-0.25, -0.2) is 0 Å². The predicted molar refractivity (Wildman–Crippen MR) is 106 cm³/mol. The highest BCUT2D eigenvalue weighted by atomic mass is 32.2. The Morgan fingerprint density at radius 2 is 1.96 bits per heavy atom. The van der Waals surface area contributed by atoms with Crippen molar-refractivity contribution in [2.75, 3.05) is 0 Å². The summed E-state index contributed by atoms with van der Waals surface area (Å²) in [4.78, 5) is 23.2. The van der Waals surface area contributed by atoms with Crippen molar-refractivity contribution in [3.63, 3.8) is 0 Å². The molecule has 1 saturated heterocycles. The van der Waals surface area contributed by atoms with E-state index < -0.39 is 16.6 Å². The van der Waals surface area contributed by atoms with Crippen LogP contribution >= 0.6 is 24.0 Å². The van der Waals surface area contributed by atoms with Gasteiger partial charge >= 0.3 is 0 Å². The average Bonchev–Trinajstić information content (AvgIpc) is 2.89. The maximum Gasteiger partial charge on any atom is 0.286 e. The number of rotatable bonds is 4. The minimum Gasteiger partial charge on any atom is -0.872 e. The molecule has 7 nitrogen and oxygen atoms in total. The Morgan fingerprint density at radius 1 is 1.22 bits per heavy atom. The van der Waals surface area contributed by atoms with Gasteiger partial charge in [0.05, 0.1) is 16.0 Å². The molecule has 0 atom stereocenters. The Morgan fingerprint density at radius 3 is 2.67 bits per heavy atom. The fourth-order valence-electron chi connectivity index (χ4n) is 2.32. The molecule has 3 rings (SSSR count). The van der Waals surface area contributed by atoms with Gasteiger partial charge < -0.3 is 5.11 Å². The summed E-state index contributed by atoms with van der Waals surface area (Å²) in [6.07, 6.45) is 2.84. The molecule has 136 valence electrons. The quantitative estimate of drug-likeness (QED) is 0.258. The number of aryl methyl sites for hydroxylation is 1. The summed E-state index contributed by atoms with van der Waals surface area (Å²) in [6, 6.07) is 10.9. The number of carbonyl (C=O) groups excluding carboxylic acids is 1. The number of hydrazone groups is 1. The first kappa shape index (κ1) is 18.7. The summed E-state index contributed by atoms with van der Waals surface area (Å²) in [5, 5.41) is 27.6. The van der Waals surface area contributed by atoms with Gasteiger partial charge in [-0.3, -0.25) is 14.9 Å². The van der Waals surface area contributed by atoms with Crippen LogP contribution in [0.2, 0.25) is 0 Å². The maximum absolute atomic E-state index is 12.6. The second-order valence-corrected chi connectivity index (χ2v) is 7.25. The van der Waals surface area contributed by atoms with Crippen molar-refractivity contribution in [2.24, 2.45) is 5.10 Å². The van der Waals surface area contributed by atoms with Crippen LogP contribution in [0.3, 0.4) is 0 Å². The minimum atomic E-state index is -0.610. The van der Waals surface area contributed by atoms with E-state index in [1.165, 1.54) is 0 Å². The third-order valence-corrected chi connectivity index (χ3v) is 5.05. The van der Waals surface area contributed by atoms with E-state index in [-0.39, 0.29) is 15.6 Å². The predicted octanol–water partition coefficient (Wildman–Crippen LogP) is 3.21. The minimum absolute atomic E-state index is 0.00105. The molecule has 1 heterocycles. The first-order valence-electron chi connectivity index (χ1n) is 7.70. The van der Waals surface area contributed by atoms with E-state index in [9.17, 15) is 20.0 Å². The highest BCUT2D eigenvalue weighted by molar-refractivity contribution is 8.26. The summed E-state index contributed by atoms with van der Waals surface area (Å²) in [7, 11) is 0. The van der Waals surface area contributed by atoms with E-state index in [1.807, 2.05) is 31.2 Å². The topological polar surface area (TPSA) is 98.9 Å². The molecule has 9 heteroatoms. The van der Waals surface area contributed by atoms with Gasteiger partial charge in [-0.15, -0.1) is 0 Å². The molecule has 1 aliphatic heterocycles. The van der Waals surface area contributed by atoms with Crippen molar-refractivity contribution < 1.29 is 14.8 Å². The molecule has 2 aromatic carbocycles. The number of nitro groups is 1. The van der Waals surface area contributed by atoms with E-state index in [4.69, 9.17) is 12.2 Å². The monoisotopic (exact) mass is 398 g/mol. The Bertz CT molecular complexity index is 1020. The summed E-state index contributed by atoms with van der Waals surface area (Å²) in [5.41, 5.74) is 1.67. The van der Waals surface area contributed by atoms with Crippen LogP contribution in [0.1, 0.15) is 16.7 Å². The first-order chi connectivity index (χ1) is 12.9. The number of nitrogens with zero attached hydrogens (tertiary/aromatic N) is 3. The molecule has 27 heavy (non-hydrogen) atoms. The van der Waals surface area contributed by atoms with Gasteiger partial charge in [0.15, 0.2) is 4.32 Å². The van der Waals surface area contributed by atoms with Gasteiger partial charge in [0.1, 0.15) is 0 Å². The molecule has 0 aromatic heterocycles. The van der Waals surface area contributed by atoms with E-state index in [1.54, 1.807) is 6.08 Å². The van der Waals surface area contributed by atoms with Crippen molar-refractivity contribution in [1.82, 2.24) is 5.01 Å². The molecule has 0 unspecified atom stereocenters. The van der Waals surface area contributed by atoms with E-state index in [0.717, 1.165) is 52.3 Å². The first-order valence-corrected chi connectivity index (χ1v) is 8.92. The fourth-order valence-corrected chi connectivity index (χ4v) is 3.48. The Labute approximate surface area is 164 Å². The lowest BCUT2D eigenvalue weighted by Gasteiger charge is -2.10. The molecule has 1 aliphatic rings. The summed E-state index contributed by atoms with van der Waals surface area (Å²) in [5.74, 6) is -0.854. The lowest BCUT2D eigenvalue weighted by atomic mass is 10.1. The van der Waals surface area contributed by atoms with Crippen molar-refractivity contribution in [3.05, 3.63) is 74.2 Å². The summed E-state index contributed by atoms with van der Waals surface area (Å²) < 4.78 is 0.217. The van der Waals surface area contributed by atoms with Crippen LogP contribution in [-0.2, 0) is 4.79 Å². The zero-order valence-electron chi connectivity index (χ0n) is 14.0. The number of thiocarbonyl (C=S) groups is 1. The van der Waals surface area contributed by atoms with Crippen LogP contribution in [0, 0.1) is 17.0 Å². The standard InChI is InChI=1S/C18H13N3O4S2/c1-11-4-2-3-5-12(11)9-16-17(23)20(18(26)27-16)19-10-13-8-14(21(24)25)6-7-15(13)22/h2-10,22H,1H3/p-1/b16-9+,19-10-. The van der Waals surface area contributed by atoms with Crippen LogP contribution in [0.25, 0.3) is 6.08 Å². The van der Waals surface area contributed by atoms with Gasteiger partial charge in [-0.2, -0.15) is 10.1 Å². The van der Waals surface area contributed by atoms with Gasteiger partial charge in [0.25, 0.3) is 11.6 Å². The second-order valence-electron chi connectivity index (χ2n) is 5.57. The molecule has 2 aromatic rings. The lowest BCUT2D eigenvalue weighted by molar-refractivity contribution is -0.385. The molecule has 0 N–H and O–H groups in total. The Hall–Kier alpha value is -3.04. The van der Waals surface area contributed by atoms with Crippen molar-refractivity contribution >= 4 is 52.2 Å². The van der Waals surface area contributed by atoms with Crippen LogP contribution in [-0.4, -0.2) is 26.4 Å². The molecule has 0 saturated carbocycles. The maximum atomic E-state index is 12.6. The molecule has 1 amide bonds. The largest absolute Gasteiger partial charge is 0.872 e. The zero-order chi connectivity index (χ0) is 19.6. The van der Waals surface area contributed by atoms with Gasteiger partial charge in [0, 0.05) is 12.1 Å². The molecule has 0 radical (unpaired) electrons. The normalized spacial score (nSPS) is 15.9. The van der Waals surface area contributed by atoms with Crippen LogP contribution in [0.4, 0.5) is 5.69 Å². The van der Waals surface area contributed by atoms with Crippen LogP contribution in [0.5, 0.6) is 5.75 Å². The third kappa shape index (κ3) is 4.04. The number of non-ortho nitro benzene ring substituents is 1. The average molecular weight is 398 g/mol. The highest BCUT2D eigenvalue weighted by Crippen LogP contribution is 2.33. The number of carbonyl (C=O) groups is 1. The lowest BCUT2D eigenvalue weighted by Crippen LogP contribution is -2.22. The smallest absolute Gasteiger partial charge is 0.286 e. The SMILES string of the molecule is Cc1ccccc1/C=C1/SC(=S)N(/N=C\c2cc([N+](=O)[O-])ccc2[O-])C1=O. The van der Waals surface area contributed by atoms with E-state index in [0.29, 0.717) is 4.91 Å². The van der Waals surface area contributed by atoms with Gasteiger partial charge in [-0.1, -0.05) is 47.8 Å². The third-order valence-electron chi connectivity index (χ3n) is 3.76.